The first-order chi connectivity index (χ1) is 8.95. The lowest BCUT2D eigenvalue weighted by atomic mass is 9.83. The summed E-state index contributed by atoms with van der Waals surface area (Å²) in [7, 11) is 0. The van der Waals surface area contributed by atoms with Crippen LogP contribution in [0.2, 0.25) is 0 Å². The van der Waals surface area contributed by atoms with Crippen LogP contribution >= 0.6 is 0 Å². The Labute approximate surface area is 115 Å². The fourth-order valence-corrected chi connectivity index (χ4v) is 2.73. The average Bonchev–Trinajstić information content (AvgIpc) is 2.38. The molecule has 1 unspecified atom stereocenters. The van der Waals surface area contributed by atoms with Crippen molar-refractivity contribution in [3.63, 3.8) is 0 Å². The number of aldehydes is 1. The maximum Gasteiger partial charge on any atom is 0.131 e. The van der Waals surface area contributed by atoms with Crippen LogP contribution in [0, 0.1) is 0 Å². The molecule has 1 atom stereocenters. The van der Waals surface area contributed by atoms with Crippen LogP contribution in [0.25, 0.3) is 0 Å². The highest BCUT2D eigenvalue weighted by Gasteiger charge is 2.33. The highest BCUT2D eigenvalue weighted by molar-refractivity contribution is 5.68. The Morgan fingerprint density at radius 3 is 2.63 bits per heavy atom. The van der Waals surface area contributed by atoms with Crippen molar-refractivity contribution in [1.29, 1.82) is 0 Å². The molecule has 0 bridgehead atoms. The van der Waals surface area contributed by atoms with E-state index in [0.717, 1.165) is 38.1 Å². The lowest BCUT2D eigenvalue weighted by molar-refractivity contribution is -0.116. The topological polar surface area (TPSA) is 29.5 Å². The Hall–Kier alpha value is -1.19. The molecule has 0 amide bonds. The van der Waals surface area contributed by atoms with Crippen molar-refractivity contribution >= 4 is 6.29 Å². The van der Waals surface area contributed by atoms with Gasteiger partial charge in [0, 0.05) is 19.6 Å². The third-order valence-corrected chi connectivity index (χ3v) is 3.75. The zero-order chi connectivity index (χ0) is 13.9. The molecule has 1 saturated heterocycles. The van der Waals surface area contributed by atoms with Gasteiger partial charge in [-0.1, -0.05) is 30.3 Å². The molecule has 0 aromatic heterocycles. The number of nitrogens with zero attached hydrogens (tertiary/aromatic N) is 1. The molecule has 19 heavy (non-hydrogen) atoms. The zero-order valence-electron chi connectivity index (χ0n) is 12.1. The van der Waals surface area contributed by atoms with E-state index in [0.29, 0.717) is 0 Å². The van der Waals surface area contributed by atoms with E-state index < -0.39 is 5.41 Å². The molecule has 1 aromatic carbocycles. The molecule has 3 heteroatoms. The van der Waals surface area contributed by atoms with E-state index in [9.17, 15) is 4.79 Å². The minimum atomic E-state index is -0.450. The third kappa shape index (κ3) is 3.43. The first-order valence-corrected chi connectivity index (χ1v) is 6.83. The highest BCUT2D eigenvalue weighted by atomic mass is 16.5. The Bertz CT molecular complexity index is 430. The summed E-state index contributed by atoms with van der Waals surface area (Å²) in [6.45, 7) is 9.44. The molecule has 0 aliphatic carbocycles. The monoisotopic (exact) mass is 261 g/mol. The summed E-state index contributed by atoms with van der Waals surface area (Å²) in [5.41, 5.74) is 0.502. The number of benzene rings is 1. The number of morpholine rings is 1. The van der Waals surface area contributed by atoms with Gasteiger partial charge in [0.15, 0.2) is 0 Å². The van der Waals surface area contributed by atoms with Crippen LogP contribution in [0.1, 0.15) is 26.3 Å². The standard InChI is InChI=1S/C16H23NO2/c1-15(2)11-17(9-10-19-15)12-16(3,13-18)14-7-5-4-6-8-14/h4-8,13H,9-12H2,1-3H3. The van der Waals surface area contributed by atoms with Gasteiger partial charge in [-0.25, -0.2) is 0 Å². The quantitative estimate of drug-likeness (QED) is 0.779. The lowest BCUT2D eigenvalue weighted by Crippen LogP contribution is -2.52. The molecule has 1 heterocycles. The van der Waals surface area contributed by atoms with E-state index in [1.165, 1.54) is 0 Å². The highest BCUT2D eigenvalue weighted by Crippen LogP contribution is 2.25. The molecule has 0 N–H and O–H groups in total. The Morgan fingerprint density at radius 2 is 2.05 bits per heavy atom. The predicted molar refractivity (Wildman–Crippen MR) is 76.3 cm³/mol. The van der Waals surface area contributed by atoms with Gasteiger partial charge in [-0.2, -0.15) is 0 Å². The van der Waals surface area contributed by atoms with Crippen molar-refractivity contribution in [2.75, 3.05) is 26.2 Å². The van der Waals surface area contributed by atoms with Gasteiger partial charge in [-0.05, 0) is 26.3 Å². The maximum atomic E-state index is 11.6. The van der Waals surface area contributed by atoms with Crippen molar-refractivity contribution < 1.29 is 9.53 Å². The third-order valence-electron chi connectivity index (χ3n) is 3.75. The second-order valence-electron chi connectivity index (χ2n) is 6.22. The van der Waals surface area contributed by atoms with Crippen LogP contribution in [-0.2, 0) is 14.9 Å². The minimum absolute atomic E-state index is 0.126. The fraction of sp³-hybridized carbons (Fsp3) is 0.562. The summed E-state index contributed by atoms with van der Waals surface area (Å²) in [5, 5.41) is 0. The van der Waals surface area contributed by atoms with Crippen LogP contribution in [0.4, 0.5) is 0 Å². The van der Waals surface area contributed by atoms with E-state index in [1.54, 1.807) is 0 Å². The molecule has 104 valence electrons. The van der Waals surface area contributed by atoms with Crippen LogP contribution in [0.3, 0.4) is 0 Å². The molecule has 1 aromatic rings. The summed E-state index contributed by atoms with van der Waals surface area (Å²) in [6.07, 6.45) is 1.07. The van der Waals surface area contributed by atoms with Gasteiger partial charge in [-0.15, -0.1) is 0 Å². The van der Waals surface area contributed by atoms with Gasteiger partial charge in [0.05, 0.1) is 17.6 Å². The average molecular weight is 261 g/mol. The molecule has 1 aliphatic heterocycles. The number of rotatable bonds is 4. The van der Waals surface area contributed by atoms with Gasteiger partial charge in [-0.3, -0.25) is 4.90 Å². The molecular formula is C16H23NO2. The minimum Gasteiger partial charge on any atom is -0.373 e. The van der Waals surface area contributed by atoms with Gasteiger partial charge < -0.3 is 9.53 Å². The number of carbonyl (C=O) groups is 1. The second-order valence-corrected chi connectivity index (χ2v) is 6.22. The van der Waals surface area contributed by atoms with Gasteiger partial charge in [0.25, 0.3) is 0 Å². The Balaban J connectivity index is 2.13. The number of hydrogen-bond donors (Lipinski definition) is 0. The Kier molecular flexibility index (Phi) is 4.07. The van der Waals surface area contributed by atoms with Crippen molar-refractivity contribution in [1.82, 2.24) is 4.90 Å². The summed E-state index contributed by atoms with van der Waals surface area (Å²) in [6, 6.07) is 10.0. The maximum absolute atomic E-state index is 11.6. The van der Waals surface area contributed by atoms with E-state index in [1.807, 2.05) is 37.3 Å². The SMILES string of the molecule is CC1(C)CN(CC(C)(C=O)c2ccccc2)CCO1. The van der Waals surface area contributed by atoms with Crippen molar-refractivity contribution in [2.24, 2.45) is 0 Å². The van der Waals surface area contributed by atoms with Crippen molar-refractivity contribution in [3.8, 4) is 0 Å². The second kappa shape index (κ2) is 5.43. The van der Waals surface area contributed by atoms with Crippen LogP contribution in [0.15, 0.2) is 30.3 Å². The molecule has 1 aliphatic rings. The number of carbonyl (C=O) groups excluding carboxylic acids is 1. The van der Waals surface area contributed by atoms with Crippen molar-refractivity contribution in [3.05, 3.63) is 35.9 Å². The molecule has 0 radical (unpaired) electrons. The van der Waals surface area contributed by atoms with Gasteiger partial charge >= 0.3 is 0 Å². The molecule has 3 nitrogen and oxygen atoms in total. The summed E-state index contributed by atoms with van der Waals surface area (Å²) < 4.78 is 5.72. The number of hydrogen-bond acceptors (Lipinski definition) is 3. The molecule has 1 fully saturated rings. The van der Waals surface area contributed by atoms with Gasteiger partial charge in [0.2, 0.25) is 0 Å². The van der Waals surface area contributed by atoms with E-state index in [2.05, 4.69) is 18.7 Å². The summed E-state index contributed by atoms with van der Waals surface area (Å²) in [5.74, 6) is 0. The molecule has 0 spiro atoms. The molecular weight excluding hydrogens is 238 g/mol. The first kappa shape index (κ1) is 14.2. The smallest absolute Gasteiger partial charge is 0.131 e. The Morgan fingerprint density at radius 1 is 1.37 bits per heavy atom. The van der Waals surface area contributed by atoms with E-state index >= 15 is 0 Å². The predicted octanol–water partition coefficient (Wildman–Crippen LogP) is 2.25. The largest absolute Gasteiger partial charge is 0.373 e. The van der Waals surface area contributed by atoms with E-state index in [4.69, 9.17) is 4.74 Å². The van der Waals surface area contributed by atoms with E-state index in [-0.39, 0.29) is 5.60 Å². The van der Waals surface area contributed by atoms with Gasteiger partial charge in [0.1, 0.15) is 6.29 Å². The first-order valence-electron chi connectivity index (χ1n) is 6.83. The van der Waals surface area contributed by atoms with Crippen LogP contribution in [0.5, 0.6) is 0 Å². The fourth-order valence-electron chi connectivity index (χ4n) is 2.73. The van der Waals surface area contributed by atoms with Crippen LogP contribution in [-0.4, -0.2) is 43.0 Å². The normalized spacial score (nSPS) is 22.7. The molecule has 2 rings (SSSR count). The van der Waals surface area contributed by atoms with Crippen molar-refractivity contribution in [2.45, 2.75) is 31.8 Å². The lowest BCUT2D eigenvalue weighted by Gasteiger charge is -2.41. The summed E-state index contributed by atoms with van der Waals surface area (Å²) in [4.78, 5) is 13.9. The zero-order valence-corrected chi connectivity index (χ0v) is 12.1. The molecule has 0 saturated carbocycles. The number of ether oxygens (including phenoxy) is 1. The summed E-state index contributed by atoms with van der Waals surface area (Å²) >= 11 is 0. The van der Waals surface area contributed by atoms with Crippen LogP contribution < -0.4 is 0 Å².